The Bertz CT molecular complexity index is 285. The molecular weight excluding hydrogens is 216 g/mol. The van der Waals surface area contributed by atoms with Crippen molar-refractivity contribution in [2.75, 3.05) is 32.8 Å². The van der Waals surface area contributed by atoms with Crippen molar-refractivity contribution in [3.05, 3.63) is 0 Å². The van der Waals surface area contributed by atoms with Gasteiger partial charge in [0.1, 0.15) is 0 Å². The van der Waals surface area contributed by atoms with Crippen LogP contribution in [0.4, 0.5) is 0 Å². The van der Waals surface area contributed by atoms with Crippen molar-refractivity contribution < 1.29 is 9.53 Å². The molecule has 2 atom stereocenters. The highest BCUT2D eigenvalue weighted by Crippen LogP contribution is 2.36. The molecular formula is C13H24N2O2. The second-order valence-corrected chi connectivity index (χ2v) is 5.67. The van der Waals surface area contributed by atoms with E-state index in [1.165, 1.54) is 0 Å². The Kier molecular flexibility index (Phi) is 3.73. The van der Waals surface area contributed by atoms with Crippen molar-refractivity contribution in [1.29, 1.82) is 0 Å². The number of carbonyl (C=O) groups is 1. The van der Waals surface area contributed by atoms with Crippen LogP contribution in [0, 0.1) is 11.3 Å². The minimum atomic E-state index is -0.183. The summed E-state index contributed by atoms with van der Waals surface area (Å²) in [4.78, 5) is 14.7. The van der Waals surface area contributed by atoms with Gasteiger partial charge in [-0.1, -0.05) is 13.8 Å². The number of morpholine rings is 1. The molecule has 2 fully saturated rings. The van der Waals surface area contributed by atoms with Gasteiger partial charge in [-0.2, -0.15) is 0 Å². The van der Waals surface area contributed by atoms with E-state index in [9.17, 15) is 4.79 Å². The largest absolute Gasteiger partial charge is 0.375 e. The number of rotatable bonds is 2. The third kappa shape index (κ3) is 2.33. The second kappa shape index (κ2) is 4.94. The molecule has 0 radical (unpaired) electrons. The van der Waals surface area contributed by atoms with Gasteiger partial charge in [0.15, 0.2) is 0 Å². The maximum Gasteiger partial charge on any atom is 0.230 e. The Morgan fingerprint density at radius 2 is 2.29 bits per heavy atom. The van der Waals surface area contributed by atoms with E-state index >= 15 is 0 Å². The van der Waals surface area contributed by atoms with E-state index in [0.29, 0.717) is 18.4 Å². The summed E-state index contributed by atoms with van der Waals surface area (Å²) in [7, 11) is 0. The number of nitrogens with zero attached hydrogens (tertiary/aromatic N) is 1. The van der Waals surface area contributed by atoms with Crippen LogP contribution in [0.1, 0.15) is 27.2 Å². The standard InChI is InChI=1S/C13H24N2O2/c1-10(2)13(4-5-14-9-13)12(16)15-6-7-17-11(3)8-15/h10-11,14H,4-9H2,1-3H3. The summed E-state index contributed by atoms with van der Waals surface area (Å²) >= 11 is 0. The summed E-state index contributed by atoms with van der Waals surface area (Å²) in [6.45, 7) is 10.3. The summed E-state index contributed by atoms with van der Waals surface area (Å²) < 4.78 is 5.50. The third-order valence-electron chi connectivity index (χ3n) is 4.25. The maximum absolute atomic E-state index is 12.7. The van der Waals surface area contributed by atoms with Gasteiger partial charge < -0.3 is 15.0 Å². The van der Waals surface area contributed by atoms with Gasteiger partial charge in [-0.25, -0.2) is 0 Å². The van der Waals surface area contributed by atoms with Crippen LogP contribution in [0.5, 0.6) is 0 Å². The fourth-order valence-corrected chi connectivity index (χ4v) is 2.95. The van der Waals surface area contributed by atoms with Crippen molar-refractivity contribution >= 4 is 5.91 Å². The molecule has 2 saturated heterocycles. The molecule has 2 heterocycles. The molecule has 2 aliphatic rings. The van der Waals surface area contributed by atoms with E-state index in [1.807, 2.05) is 11.8 Å². The van der Waals surface area contributed by atoms with Gasteiger partial charge in [0, 0.05) is 19.6 Å². The fraction of sp³-hybridized carbons (Fsp3) is 0.923. The van der Waals surface area contributed by atoms with E-state index in [4.69, 9.17) is 4.74 Å². The van der Waals surface area contributed by atoms with E-state index < -0.39 is 0 Å². The van der Waals surface area contributed by atoms with Crippen LogP contribution in [-0.4, -0.2) is 49.7 Å². The molecule has 0 aromatic rings. The van der Waals surface area contributed by atoms with Crippen LogP contribution >= 0.6 is 0 Å². The van der Waals surface area contributed by atoms with Gasteiger partial charge in [-0.15, -0.1) is 0 Å². The maximum atomic E-state index is 12.7. The molecule has 4 heteroatoms. The number of hydrogen-bond acceptors (Lipinski definition) is 3. The Morgan fingerprint density at radius 3 is 2.82 bits per heavy atom. The Labute approximate surface area is 104 Å². The number of hydrogen-bond donors (Lipinski definition) is 1. The van der Waals surface area contributed by atoms with Gasteiger partial charge >= 0.3 is 0 Å². The predicted octanol–water partition coefficient (Wildman–Crippen LogP) is 0.869. The first-order chi connectivity index (χ1) is 8.06. The highest BCUT2D eigenvalue weighted by Gasteiger charge is 2.46. The summed E-state index contributed by atoms with van der Waals surface area (Å²) in [5.74, 6) is 0.718. The molecule has 0 saturated carbocycles. The lowest BCUT2D eigenvalue weighted by atomic mass is 9.75. The molecule has 0 aromatic heterocycles. The smallest absolute Gasteiger partial charge is 0.230 e. The highest BCUT2D eigenvalue weighted by molar-refractivity contribution is 5.84. The molecule has 2 aliphatic heterocycles. The fourth-order valence-electron chi connectivity index (χ4n) is 2.95. The first kappa shape index (κ1) is 12.8. The molecule has 17 heavy (non-hydrogen) atoms. The lowest BCUT2D eigenvalue weighted by Gasteiger charge is -2.40. The Hall–Kier alpha value is -0.610. The summed E-state index contributed by atoms with van der Waals surface area (Å²) in [5.41, 5.74) is -0.183. The van der Waals surface area contributed by atoms with Crippen LogP contribution in [0.15, 0.2) is 0 Å². The zero-order valence-corrected chi connectivity index (χ0v) is 11.2. The molecule has 98 valence electrons. The SMILES string of the molecule is CC1CN(C(=O)C2(C(C)C)CCNC2)CCO1. The average Bonchev–Trinajstić information content (AvgIpc) is 2.78. The summed E-state index contributed by atoms with van der Waals surface area (Å²) in [6, 6.07) is 0. The second-order valence-electron chi connectivity index (χ2n) is 5.67. The molecule has 1 amide bonds. The van der Waals surface area contributed by atoms with Crippen LogP contribution < -0.4 is 5.32 Å². The monoisotopic (exact) mass is 240 g/mol. The van der Waals surface area contributed by atoms with Crippen molar-refractivity contribution in [1.82, 2.24) is 10.2 Å². The van der Waals surface area contributed by atoms with Crippen molar-refractivity contribution in [3.8, 4) is 0 Å². The third-order valence-corrected chi connectivity index (χ3v) is 4.25. The average molecular weight is 240 g/mol. The molecule has 0 aliphatic carbocycles. The van der Waals surface area contributed by atoms with Crippen LogP contribution in [0.3, 0.4) is 0 Å². The van der Waals surface area contributed by atoms with Gasteiger partial charge in [-0.3, -0.25) is 4.79 Å². The Balaban J connectivity index is 2.11. The Morgan fingerprint density at radius 1 is 1.53 bits per heavy atom. The minimum absolute atomic E-state index is 0.172. The quantitative estimate of drug-likeness (QED) is 0.778. The van der Waals surface area contributed by atoms with Crippen LogP contribution in [-0.2, 0) is 9.53 Å². The van der Waals surface area contributed by atoms with Crippen LogP contribution in [0.2, 0.25) is 0 Å². The van der Waals surface area contributed by atoms with Crippen molar-refractivity contribution in [2.45, 2.75) is 33.3 Å². The summed E-state index contributed by atoms with van der Waals surface area (Å²) in [5, 5.41) is 3.35. The van der Waals surface area contributed by atoms with Gasteiger partial charge in [-0.05, 0) is 25.8 Å². The first-order valence-electron chi connectivity index (χ1n) is 6.68. The van der Waals surface area contributed by atoms with Gasteiger partial charge in [0.05, 0.1) is 18.1 Å². The minimum Gasteiger partial charge on any atom is -0.375 e. The lowest BCUT2D eigenvalue weighted by Crippen LogP contribution is -2.53. The van der Waals surface area contributed by atoms with E-state index in [-0.39, 0.29) is 11.5 Å². The molecule has 4 nitrogen and oxygen atoms in total. The zero-order valence-electron chi connectivity index (χ0n) is 11.2. The van der Waals surface area contributed by atoms with Crippen molar-refractivity contribution in [3.63, 3.8) is 0 Å². The van der Waals surface area contributed by atoms with E-state index in [0.717, 1.165) is 32.6 Å². The topological polar surface area (TPSA) is 41.6 Å². The van der Waals surface area contributed by atoms with E-state index in [1.54, 1.807) is 0 Å². The molecule has 0 spiro atoms. The number of nitrogens with one attached hydrogen (secondary N) is 1. The normalized spacial score (nSPS) is 34.4. The van der Waals surface area contributed by atoms with Crippen molar-refractivity contribution in [2.24, 2.45) is 11.3 Å². The highest BCUT2D eigenvalue weighted by atomic mass is 16.5. The molecule has 2 unspecified atom stereocenters. The van der Waals surface area contributed by atoms with E-state index in [2.05, 4.69) is 19.2 Å². The summed E-state index contributed by atoms with van der Waals surface area (Å²) in [6.07, 6.45) is 1.14. The number of amides is 1. The number of ether oxygens (including phenoxy) is 1. The first-order valence-corrected chi connectivity index (χ1v) is 6.68. The molecule has 2 rings (SSSR count). The molecule has 0 aromatic carbocycles. The lowest BCUT2D eigenvalue weighted by molar-refractivity contribution is -0.150. The van der Waals surface area contributed by atoms with Gasteiger partial charge in [0.25, 0.3) is 0 Å². The zero-order chi connectivity index (χ0) is 12.5. The predicted molar refractivity (Wildman–Crippen MR) is 66.8 cm³/mol. The molecule has 1 N–H and O–H groups in total. The number of carbonyl (C=O) groups excluding carboxylic acids is 1. The molecule has 0 bridgehead atoms. The van der Waals surface area contributed by atoms with Crippen LogP contribution in [0.25, 0.3) is 0 Å². The van der Waals surface area contributed by atoms with Gasteiger partial charge in [0.2, 0.25) is 5.91 Å².